The first-order valence-electron chi connectivity index (χ1n) is 10.1. The average molecular weight is 560 g/mol. The largest absolute Gasteiger partial charge is 0.573 e. The highest BCUT2D eigenvalue weighted by Gasteiger charge is 2.42. The summed E-state index contributed by atoms with van der Waals surface area (Å²) in [4.78, 5) is 19.1. The average Bonchev–Trinajstić information content (AvgIpc) is 2.69. The molecule has 0 bridgehead atoms. The van der Waals surface area contributed by atoms with Gasteiger partial charge in [0.1, 0.15) is 0 Å². The first kappa shape index (κ1) is 29.6. The van der Waals surface area contributed by atoms with Gasteiger partial charge in [-0.05, 0) is 36.1 Å². The van der Waals surface area contributed by atoms with E-state index >= 15 is 0 Å². The lowest BCUT2D eigenvalue weighted by Crippen LogP contribution is -2.20. The minimum Gasteiger partial charge on any atom is -0.398 e. The highest BCUT2D eigenvalue weighted by molar-refractivity contribution is 7.91. The second-order valence-corrected chi connectivity index (χ2v) is 9.96. The number of hydrogen-bond acceptors (Lipinski definition) is 8. The lowest BCUT2D eigenvalue weighted by Gasteiger charge is -2.20. The number of sulfone groups is 1. The molecule has 0 saturated heterocycles. The molecule has 2 rings (SSSR count). The van der Waals surface area contributed by atoms with Crippen LogP contribution in [0.3, 0.4) is 0 Å². The van der Waals surface area contributed by atoms with Crippen LogP contribution in [0.2, 0.25) is 0 Å². The Morgan fingerprint density at radius 1 is 0.703 bits per heavy atom. The number of benzene rings is 2. The van der Waals surface area contributed by atoms with Crippen LogP contribution in [0.25, 0.3) is 0 Å². The van der Waals surface area contributed by atoms with Crippen LogP contribution in [0.1, 0.15) is 50.7 Å². The first-order valence-corrected chi connectivity index (χ1v) is 11.6. The molecule has 204 valence electrons. The summed E-state index contributed by atoms with van der Waals surface area (Å²) in [6.45, 7) is 4.96. The van der Waals surface area contributed by atoms with Gasteiger partial charge >= 0.3 is 24.1 Å². The predicted molar refractivity (Wildman–Crippen MR) is 113 cm³/mol. The normalized spacial score (nSPS) is 12.6. The molecule has 10 nitrogen and oxygen atoms in total. The maximum atomic E-state index is 13.7. The van der Waals surface area contributed by atoms with Crippen molar-refractivity contribution in [2.24, 2.45) is 0 Å². The van der Waals surface area contributed by atoms with Gasteiger partial charge in [-0.15, -0.1) is 26.3 Å². The third kappa shape index (κ3) is 6.39. The number of hydrogen-bond donors (Lipinski definition) is 0. The molecule has 2 aromatic carbocycles. The number of ether oxygens (including phenoxy) is 2. The summed E-state index contributed by atoms with van der Waals surface area (Å²) >= 11 is 0. The summed E-state index contributed by atoms with van der Waals surface area (Å²) in [5.74, 6) is -4.78. The molecular formula is C20H18F6N2O8S. The Bertz CT molecular complexity index is 1240. The lowest BCUT2D eigenvalue weighted by molar-refractivity contribution is -0.389. The van der Waals surface area contributed by atoms with Gasteiger partial charge < -0.3 is 9.47 Å². The number of halogens is 6. The quantitative estimate of drug-likeness (QED) is 0.206. The first-order chi connectivity index (χ1) is 16.7. The molecule has 0 aliphatic rings. The van der Waals surface area contributed by atoms with Gasteiger partial charge in [0.25, 0.3) is 0 Å². The predicted octanol–water partition coefficient (Wildman–Crippen LogP) is 6.38. The van der Waals surface area contributed by atoms with Gasteiger partial charge in [-0.3, -0.25) is 20.2 Å². The summed E-state index contributed by atoms with van der Waals surface area (Å²) in [5.41, 5.74) is -4.04. The van der Waals surface area contributed by atoms with E-state index in [9.17, 15) is 55.0 Å². The Labute approximate surface area is 205 Å². The highest BCUT2D eigenvalue weighted by Crippen LogP contribution is 2.47. The van der Waals surface area contributed by atoms with Crippen LogP contribution in [0.5, 0.6) is 11.5 Å². The highest BCUT2D eigenvalue weighted by atomic mass is 32.2. The Morgan fingerprint density at radius 3 is 1.22 bits per heavy atom. The van der Waals surface area contributed by atoms with E-state index in [2.05, 4.69) is 9.47 Å². The van der Waals surface area contributed by atoms with Crippen molar-refractivity contribution in [3.63, 3.8) is 0 Å². The maximum absolute atomic E-state index is 13.7. The van der Waals surface area contributed by atoms with Crippen LogP contribution in [-0.2, 0) is 9.84 Å². The fourth-order valence-electron chi connectivity index (χ4n) is 3.63. The zero-order chi connectivity index (χ0) is 28.7. The summed E-state index contributed by atoms with van der Waals surface area (Å²) in [6.07, 6.45) is -10.7. The van der Waals surface area contributed by atoms with E-state index in [4.69, 9.17) is 0 Å². The molecule has 0 saturated carbocycles. The zero-order valence-electron chi connectivity index (χ0n) is 19.3. The standard InChI is InChI=1S/C20H18F6N2O8S/c1-9(2)15-13(7-5-11(17(15)27(29)30)35-19(21,22)23)37(33,34)14-8-6-12(36-20(24,25)26)18(28(31)32)16(14)10(3)4/h5-10H,1-4H3. The SMILES string of the molecule is CC(C)c1c(S(=O)(=O)c2ccc(OC(F)(F)F)c([N+](=O)[O-])c2C(C)C)ccc(OC(F)(F)F)c1[N+](=O)[O-]. The molecule has 2 aromatic rings. The summed E-state index contributed by atoms with van der Waals surface area (Å²) in [5, 5.41) is 23.4. The van der Waals surface area contributed by atoms with Crippen LogP contribution in [-0.4, -0.2) is 31.0 Å². The minimum atomic E-state index is -5.36. The Balaban J connectivity index is 3.00. The van der Waals surface area contributed by atoms with Crippen molar-refractivity contribution in [2.75, 3.05) is 0 Å². The van der Waals surface area contributed by atoms with Crippen LogP contribution in [0, 0.1) is 20.2 Å². The van der Waals surface area contributed by atoms with Gasteiger partial charge in [0, 0.05) is 0 Å². The number of nitrogens with zero attached hydrogens (tertiary/aromatic N) is 2. The van der Waals surface area contributed by atoms with Crippen molar-refractivity contribution >= 4 is 21.2 Å². The summed E-state index contributed by atoms with van der Waals surface area (Å²) < 4.78 is 112. The van der Waals surface area contributed by atoms with Gasteiger partial charge in [-0.2, -0.15) is 0 Å². The molecule has 0 aliphatic heterocycles. The molecule has 0 amide bonds. The van der Waals surface area contributed by atoms with Crippen LogP contribution >= 0.6 is 0 Å². The molecule has 0 aliphatic carbocycles. The topological polar surface area (TPSA) is 139 Å². The minimum absolute atomic E-state index is 0.398. The second-order valence-electron chi connectivity index (χ2n) is 8.07. The molecule has 0 fully saturated rings. The maximum Gasteiger partial charge on any atom is 0.573 e. The van der Waals surface area contributed by atoms with Gasteiger partial charge in [-0.1, -0.05) is 27.7 Å². The van der Waals surface area contributed by atoms with E-state index in [1.54, 1.807) is 0 Å². The third-order valence-electron chi connectivity index (χ3n) is 4.83. The van der Waals surface area contributed by atoms with E-state index in [-0.39, 0.29) is 0 Å². The third-order valence-corrected chi connectivity index (χ3v) is 6.70. The smallest absolute Gasteiger partial charge is 0.398 e. The Kier molecular flexibility index (Phi) is 8.02. The molecule has 0 radical (unpaired) electrons. The van der Waals surface area contributed by atoms with Gasteiger partial charge in [0.05, 0.1) is 30.8 Å². The molecular weight excluding hydrogens is 542 g/mol. The molecule has 17 heteroatoms. The van der Waals surface area contributed by atoms with Gasteiger partial charge in [-0.25, -0.2) is 8.42 Å². The number of nitro benzene ring substituents is 2. The zero-order valence-corrected chi connectivity index (χ0v) is 20.1. The van der Waals surface area contributed by atoms with E-state index in [0.29, 0.717) is 24.3 Å². The fourth-order valence-corrected chi connectivity index (χ4v) is 5.61. The molecule has 37 heavy (non-hydrogen) atoms. The van der Waals surface area contributed by atoms with E-state index in [0.717, 1.165) is 0 Å². The van der Waals surface area contributed by atoms with Crippen molar-refractivity contribution in [3.05, 3.63) is 55.6 Å². The second kappa shape index (κ2) is 10.0. The van der Waals surface area contributed by atoms with Crippen molar-refractivity contribution in [1.82, 2.24) is 0 Å². The van der Waals surface area contributed by atoms with Crippen molar-refractivity contribution in [3.8, 4) is 11.5 Å². The molecule has 0 aromatic heterocycles. The summed E-state index contributed by atoms with van der Waals surface area (Å²) in [7, 11) is -5.01. The number of nitro groups is 2. The van der Waals surface area contributed by atoms with E-state index in [1.165, 1.54) is 27.7 Å². The van der Waals surface area contributed by atoms with Crippen molar-refractivity contribution < 1.29 is 54.1 Å². The number of alkyl halides is 6. The van der Waals surface area contributed by atoms with E-state index in [1.807, 2.05) is 0 Å². The molecule has 0 heterocycles. The molecule has 0 unspecified atom stereocenters. The molecule has 0 spiro atoms. The Morgan fingerprint density at radius 2 is 1.00 bits per heavy atom. The van der Waals surface area contributed by atoms with Crippen LogP contribution in [0.15, 0.2) is 34.1 Å². The molecule has 0 N–H and O–H groups in total. The summed E-state index contributed by atoms with van der Waals surface area (Å²) in [6, 6.07) is 1.98. The van der Waals surface area contributed by atoms with Gasteiger partial charge in [0.15, 0.2) is 0 Å². The van der Waals surface area contributed by atoms with Gasteiger partial charge in [0.2, 0.25) is 21.3 Å². The van der Waals surface area contributed by atoms with Crippen LogP contribution < -0.4 is 9.47 Å². The number of rotatable bonds is 8. The molecule has 0 atom stereocenters. The van der Waals surface area contributed by atoms with Crippen molar-refractivity contribution in [2.45, 2.75) is 62.0 Å². The Hall–Kier alpha value is -3.63. The van der Waals surface area contributed by atoms with Crippen LogP contribution in [0.4, 0.5) is 37.7 Å². The monoisotopic (exact) mass is 560 g/mol. The van der Waals surface area contributed by atoms with E-state index < -0.39 is 88.0 Å². The fraction of sp³-hybridized carbons (Fsp3) is 0.400. The van der Waals surface area contributed by atoms with Crippen molar-refractivity contribution in [1.29, 1.82) is 0 Å². The lowest BCUT2D eigenvalue weighted by atomic mass is 10.00.